The molecule has 0 aliphatic rings. The minimum absolute atomic E-state index is 0.532. The Kier molecular flexibility index (Phi) is 5.17. The largest absolute Gasteiger partial charge is 0.314 e. The summed E-state index contributed by atoms with van der Waals surface area (Å²) < 4.78 is 0. The minimum Gasteiger partial charge on any atom is -0.314 e. The summed E-state index contributed by atoms with van der Waals surface area (Å²) in [6.07, 6.45) is 2.23. The highest BCUT2D eigenvalue weighted by Crippen LogP contribution is 2.16. The van der Waals surface area contributed by atoms with Gasteiger partial charge in [0.1, 0.15) is 0 Å². The summed E-state index contributed by atoms with van der Waals surface area (Å²) in [5, 5.41) is 5.78. The van der Waals surface area contributed by atoms with Crippen molar-refractivity contribution < 1.29 is 0 Å². The van der Waals surface area contributed by atoms with Crippen LogP contribution in [0.15, 0.2) is 35.7 Å². The fourth-order valence-corrected chi connectivity index (χ4v) is 3.43. The van der Waals surface area contributed by atoms with E-state index in [9.17, 15) is 0 Å². The lowest BCUT2D eigenvalue weighted by Gasteiger charge is -2.18. The van der Waals surface area contributed by atoms with E-state index in [1.165, 1.54) is 21.6 Å². The van der Waals surface area contributed by atoms with Crippen LogP contribution >= 0.6 is 11.3 Å². The van der Waals surface area contributed by atoms with Crippen LogP contribution in [0.3, 0.4) is 0 Å². The first kappa shape index (κ1) is 14.3. The van der Waals surface area contributed by atoms with Gasteiger partial charge in [-0.15, -0.1) is 11.3 Å². The van der Waals surface area contributed by atoms with Crippen molar-refractivity contribution in [1.82, 2.24) is 5.32 Å². The second kappa shape index (κ2) is 6.88. The van der Waals surface area contributed by atoms with Gasteiger partial charge in [-0.3, -0.25) is 0 Å². The summed E-state index contributed by atoms with van der Waals surface area (Å²) >= 11 is 1.85. The van der Waals surface area contributed by atoms with Gasteiger partial charge in [-0.25, -0.2) is 0 Å². The van der Waals surface area contributed by atoms with Crippen molar-refractivity contribution in [3.8, 4) is 0 Å². The van der Waals surface area contributed by atoms with Gasteiger partial charge in [0.15, 0.2) is 0 Å². The molecule has 1 aromatic heterocycles. The lowest BCUT2D eigenvalue weighted by molar-refractivity contribution is 0.524. The first-order valence-electron chi connectivity index (χ1n) is 7.00. The molecular weight excluding hydrogens is 250 g/mol. The lowest BCUT2D eigenvalue weighted by Crippen LogP contribution is -2.32. The molecule has 0 aliphatic carbocycles. The Bertz CT molecular complexity index is 482. The number of rotatable bonds is 6. The summed E-state index contributed by atoms with van der Waals surface area (Å²) in [5.74, 6) is 0. The van der Waals surface area contributed by atoms with Crippen LogP contribution in [0.2, 0.25) is 0 Å². The predicted molar refractivity (Wildman–Crippen MR) is 85.1 cm³/mol. The molecule has 2 rings (SSSR count). The molecule has 0 spiro atoms. The van der Waals surface area contributed by atoms with E-state index in [1.807, 2.05) is 11.3 Å². The van der Waals surface area contributed by atoms with Crippen molar-refractivity contribution in [3.63, 3.8) is 0 Å². The third kappa shape index (κ3) is 4.48. The summed E-state index contributed by atoms with van der Waals surface area (Å²) in [6, 6.07) is 11.8. The molecule has 0 saturated carbocycles. The number of aryl methyl sites for hydroxylation is 2. The quantitative estimate of drug-likeness (QED) is 0.834. The van der Waals surface area contributed by atoms with Crippen molar-refractivity contribution in [3.05, 3.63) is 57.3 Å². The lowest BCUT2D eigenvalue weighted by atomic mass is 9.99. The molecule has 1 heterocycles. The number of nitrogens with one attached hydrogen (secondary N) is 1. The first-order chi connectivity index (χ1) is 9.17. The minimum atomic E-state index is 0.532. The van der Waals surface area contributed by atoms with E-state index in [0.717, 1.165) is 19.4 Å². The third-order valence-corrected chi connectivity index (χ3v) is 4.18. The highest BCUT2D eigenvalue weighted by molar-refractivity contribution is 7.09. The van der Waals surface area contributed by atoms with Gasteiger partial charge in [-0.1, -0.05) is 42.3 Å². The Morgan fingerprint density at radius 3 is 2.42 bits per heavy atom. The van der Waals surface area contributed by atoms with Gasteiger partial charge in [0.05, 0.1) is 0 Å². The topological polar surface area (TPSA) is 12.0 Å². The zero-order chi connectivity index (χ0) is 13.7. The van der Waals surface area contributed by atoms with Gasteiger partial charge in [0, 0.05) is 10.9 Å². The number of hydrogen-bond donors (Lipinski definition) is 1. The van der Waals surface area contributed by atoms with Crippen molar-refractivity contribution in [2.45, 2.75) is 39.7 Å². The van der Waals surface area contributed by atoms with Gasteiger partial charge in [-0.2, -0.15) is 0 Å². The van der Waals surface area contributed by atoms with E-state index >= 15 is 0 Å². The average molecular weight is 273 g/mol. The maximum absolute atomic E-state index is 3.61. The molecule has 19 heavy (non-hydrogen) atoms. The monoisotopic (exact) mass is 273 g/mol. The van der Waals surface area contributed by atoms with E-state index in [0.29, 0.717) is 6.04 Å². The molecule has 0 fully saturated rings. The van der Waals surface area contributed by atoms with Crippen LogP contribution in [0, 0.1) is 13.8 Å². The van der Waals surface area contributed by atoms with Crippen LogP contribution in [0.4, 0.5) is 0 Å². The van der Waals surface area contributed by atoms with Crippen molar-refractivity contribution in [1.29, 1.82) is 0 Å². The molecule has 102 valence electrons. The Morgan fingerprint density at radius 2 is 1.84 bits per heavy atom. The number of thiophene rings is 1. The second-order valence-electron chi connectivity index (χ2n) is 5.24. The fourth-order valence-electron chi connectivity index (χ4n) is 2.65. The summed E-state index contributed by atoms with van der Waals surface area (Å²) in [6.45, 7) is 7.57. The van der Waals surface area contributed by atoms with Crippen molar-refractivity contribution in [2.75, 3.05) is 6.54 Å². The molecule has 1 atom stereocenters. The number of hydrogen-bond acceptors (Lipinski definition) is 2. The molecule has 1 N–H and O–H groups in total. The molecule has 0 amide bonds. The van der Waals surface area contributed by atoms with Gasteiger partial charge in [0.25, 0.3) is 0 Å². The van der Waals surface area contributed by atoms with Crippen LogP contribution < -0.4 is 5.32 Å². The summed E-state index contributed by atoms with van der Waals surface area (Å²) in [5.41, 5.74) is 4.17. The molecule has 2 aromatic rings. The first-order valence-corrected chi connectivity index (χ1v) is 7.88. The SMILES string of the molecule is CCNC(Cc1cc(C)cc(C)c1)Cc1cccs1. The van der Waals surface area contributed by atoms with Crippen LogP contribution in [0.1, 0.15) is 28.5 Å². The number of likely N-dealkylation sites (N-methyl/N-ethyl adjacent to an activating group) is 1. The van der Waals surface area contributed by atoms with Crippen molar-refractivity contribution >= 4 is 11.3 Å². The fraction of sp³-hybridized carbons (Fsp3) is 0.412. The van der Waals surface area contributed by atoms with E-state index in [-0.39, 0.29) is 0 Å². The summed E-state index contributed by atoms with van der Waals surface area (Å²) in [7, 11) is 0. The molecule has 0 saturated heterocycles. The Hall–Kier alpha value is -1.12. The van der Waals surface area contributed by atoms with Gasteiger partial charge in [-0.05, 0) is 50.2 Å². The zero-order valence-electron chi connectivity index (χ0n) is 12.1. The molecule has 1 unspecified atom stereocenters. The normalized spacial score (nSPS) is 12.6. The van der Waals surface area contributed by atoms with Crippen LogP contribution in [-0.4, -0.2) is 12.6 Å². The van der Waals surface area contributed by atoms with Crippen molar-refractivity contribution in [2.24, 2.45) is 0 Å². The Balaban J connectivity index is 2.07. The smallest absolute Gasteiger partial charge is 0.0156 e. The molecule has 0 bridgehead atoms. The highest BCUT2D eigenvalue weighted by Gasteiger charge is 2.10. The maximum atomic E-state index is 3.61. The van der Waals surface area contributed by atoms with E-state index in [2.05, 4.69) is 61.8 Å². The number of benzene rings is 1. The predicted octanol–water partition coefficient (Wildman–Crippen LogP) is 4.13. The molecular formula is C17H23NS. The third-order valence-electron chi connectivity index (χ3n) is 3.28. The molecule has 0 aliphatic heterocycles. The highest BCUT2D eigenvalue weighted by atomic mass is 32.1. The van der Waals surface area contributed by atoms with Crippen LogP contribution in [0.25, 0.3) is 0 Å². The molecule has 1 nitrogen and oxygen atoms in total. The van der Waals surface area contributed by atoms with Gasteiger partial charge >= 0.3 is 0 Å². The standard InChI is InChI=1S/C17H23NS/c1-4-18-16(12-17-6-5-7-19-17)11-15-9-13(2)8-14(3)10-15/h5-10,16,18H,4,11-12H2,1-3H3. The second-order valence-corrected chi connectivity index (χ2v) is 6.27. The Labute approximate surface area is 120 Å². The van der Waals surface area contributed by atoms with Gasteiger partial charge < -0.3 is 5.32 Å². The van der Waals surface area contributed by atoms with E-state index in [4.69, 9.17) is 0 Å². The average Bonchev–Trinajstić information content (AvgIpc) is 2.80. The van der Waals surface area contributed by atoms with E-state index in [1.54, 1.807) is 0 Å². The summed E-state index contributed by atoms with van der Waals surface area (Å²) in [4.78, 5) is 1.47. The molecule has 1 aromatic carbocycles. The maximum Gasteiger partial charge on any atom is 0.0156 e. The molecule has 0 radical (unpaired) electrons. The van der Waals surface area contributed by atoms with Crippen LogP contribution in [0.5, 0.6) is 0 Å². The Morgan fingerprint density at radius 1 is 1.11 bits per heavy atom. The van der Waals surface area contributed by atoms with Crippen LogP contribution in [-0.2, 0) is 12.8 Å². The van der Waals surface area contributed by atoms with E-state index < -0.39 is 0 Å². The molecule has 2 heteroatoms. The van der Waals surface area contributed by atoms with Gasteiger partial charge in [0.2, 0.25) is 0 Å². The zero-order valence-corrected chi connectivity index (χ0v) is 12.9.